The summed E-state index contributed by atoms with van der Waals surface area (Å²) in [6.45, 7) is 13.2. The Bertz CT molecular complexity index is 1620. The van der Waals surface area contributed by atoms with E-state index in [2.05, 4.69) is 35.4 Å². The highest BCUT2D eigenvalue weighted by atomic mass is 32.1. The largest absolute Gasteiger partial charge is 0.481 e. The number of nitrogens with zero attached hydrogens (tertiary/aromatic N) is 6. The second kappa shape index (κ2) is 11.9. The summed E-state index contributed by atoms with van der Waals surface area (Å²) >= 11 is 1.32. The number of carbonyl (C=O) groups excluding carboxylic acids is 1. The maximum Gasteiger partial charge on any atom is 0.321 e. The first-order valence-electron chi connectivity index (χ1n) is 13.5. The lowest BCUT2D eigenvalue weighted by Gasteiger charge is -2.38. The Kier molecular flexibility index (Phi) is 8.07. The second-order valence-corrected chi connectivity index (χ2v) is 11.0. The van der Waals surface area contributed by atoms with Crippen molar-refractivity contribution in [3.8, 4) is 22.4 Å². The SMILES string of the molecule is [C-]#[N+]c1cccnc1-c1cc(-c2cnc(N3CCC(CCC)(C(=O)O)CC3)nc2)cc2nc(NC(=O)NCC)sc12. The molecular formula is C29H30N8O3S. The molecule has 3 N–H and O–H groups in total. The smallest absolute Gasteiger partial charge is 0.321 e. The zero-order valence-corrected chi connectivity index (χ0v) is 23.7. The van der Waals surface area contributed by atoms with E-state index in [-0.39, 0.29) is 6.03 Å². The average Bonchev–Trinajstić information content (AvgIpc) is 3.39. The molecule has 0 spiro atoms. The number of hydrogen-bond donors (Lipinski definition) is 3. The summed E-state index contributed by atoms with van der Waals surface area (Å²) in [5.41, 5.74) is 3.19. The first-order valence-corrected chi connectivity index (χ1v) is 14.3. The summed E-state index contributed by atoms with van der Waals surface area (Å²) in [5.74, 6) is -0.158. The van der Waals surface area contributed by atoms with Crippen molar-refractivity contribution in [1.29, 1.82) is 0 Å². The van der Waals surface area contributed by atoms with Crippen molar-refractivity contribution in [2.45, 2.75) is 39.5 Å². The Morgan fingerprint density at radius 3 is 2.56 bits per heavy atom. The van der Waals surface area contributed by atoms with E-state index in [0.717, 1.165) is 27.8 Å². The number of piperidine rings is 1. The van der Waals surface area contributed by atoms with Crippen LogP contribution in [0.3, 0.4) is 0 Å². The van der Waals surface area contributed by atoms with Crippen LogP contribution >= 0.6 is 11.3 Å². The summed E-state index contributed by atoms with van der Waals surface area (Å²) in [4.78, 5) is 48.2. The monoisotopic (exact) mass is 570 g/mol. The molecule has 4 aromatic rings. The Morgan fingerprint density at radius 1 is 1.15 bits per heavy atom. The molecule has 5 rings (SSSR count). The predicted molar refractivity (Wildman–Crippen MR) is 159 cm³/mol. The number of anilines is 2. The Balaban J connectivity index is 1.48. The number of pyridine rings is 1. The van der Waals surface area contributed by atoms with Gasteiger partial charge in [-0.15, -0.1) is 0 Å². The Morgan fingerprint density at radius 2 is 1.90 bits per heavy atom. The van der Waals surface area contributed by atoms with Crippen LogP contribution in [0.4, 0.5) is 21.6 Å². The lowest BCUT2D eigenvalue weighted by atomic mass is 9.75. The molecule has 1 aromatic carbocycles. The molecule has 0 bridgehead atoms. The van der Waals surface area contributed by atoms with Crippen LogP contribution in [0.5, 0.6) is 0 Å². The van der Waals surface area contributed by atoms with Gasteiger partial charge in [0.05, 0.1) is 27.9 Å². The molecule has 41 heavy (non-hydrogen) atoms. The minimum absolute atomic E-state index is 0.343. The number of carboxylic acid groups (broad SMARTS) is 1. The van der Waals surface area contributed by atoms with Crippen LogP contribution in [0.25, 0.3) is 37.4 Å². The number of carbonyl (C=O) groups is 2. The van der Waals surface area contributed by atoms with Crippen molar-refractivity contribution in [2.75, 3.05) is 29.9 Å². The molecule has 1 aliphatic rings. The van der Waals surface area contributed by atoms with Gasteiger partial charge in [0.1, 0.15) is 0 Å². The summed E-state index contributed by atoms with van der Waals surface area (Å²) in [6, 6.07) is 6.95. The lowest BCUT2D eigenvalue weighted by molar-refractivity contribution is -0.150. The van der Waals surface area contributed by atoms with E-state index in [1.807, 2.05) is 30.9 Å². The molecule has 210 valence electrons. The van der Waals surface area contributed by atoms with Crippen LogP contribution in [0.1, 0.15) is 39.5 Å². The van der Waals surface area contributed by atoms with Gasteiger partial charge >= 0.3 is 12.0 Å². The number of nitrogens with one attached hydrogen (secondary N) is 2. The lowest BCUT2D eigenvalue weighted by Crippen LogP contribution is -2.45. The molecule has 11 nitrogen and oxygen atoms in total. The zero-order chi connectivity index (χ0) is 29.0. The quantitative estimate of drug-likeness (QED) is 0.220. The molecule has 0 aliphatic carbocycles. The number of hydrogen-bond acceptors (Lipinski definition) is 8. The maximum absolute atomic E-state index is 12.1. The maximum atomic E-state index is 12.1. The Hall–Kier alpha value is -4.63. The van der Waals surface area contributed by atoms with Crippen molar-refractivity contribution in [1.82, 2.24) is 25.3 Å². The predicted octanol–water partition coefficient (Wildman–Crippen LogP) is 5.98. The van der Waals surface area contributed by atoms with Crippen LogP contribution < -0.4 is 15.5 Å². The van der Waals surface area contributed by atoms with E-state index >= 15 is 0 Å². The first-order chi connectivity index (χ1) is 19.9. The van der Waals surface area contributed by atoms with Crippen LogP contribution in [0.15, 0.2) is 42.9 Å². The topological polar surface area (TPSA) is 138 Å². The van der Waals surface area contributed by atoms with E-state index in [9.17, 15) is 14.7 Å². The van der Waals surface area contributed by atoms with Gasteiger partial charge in [0, 0.05) is 49.4 Å². The van der Waals surface area contributed by atoms with Gasteiger partial charge in [-0.2, -0.15) is 0 Å². The molecule has 1 aliphatic heterocycles. The van der Waals surface area contributed by atoms with Gasteiger partial charge in [0.2, 0.25) is 11.6 Å². The van der Waals surface area contributed by atoms with E-state index in [4.69, 9.17) is 6.57 Å². The molecule has 12 heteroatoms. The van der Waals surface area contributed by atoms with Gasteiger partial charge < -0.3 is 15.3 Å². The second-order valence-electron chi connectivity index (χ2n) is 9.95. The fourth-order valence-corrected chi connectivity index (χ4v) is 6.20. The summed E-state index contributed by atoms with van der Waals surface area (Å²) in [5, 5.41) is 15.7. The van der Waals surface area contributed by atoms with Crippen LogP contribution in [-0.2, 0) is 4.79 Å². The zero-order valence-electron chi connectivity index (χ0n) is 22.8. The molecule has 3 aromatic heterocycles. The number of benzene rings is 1. The van der Waals surface area contributed by atoms with E-state index in [1.54, 1.807) is 30.7 Å². The fourth-order valence-electron chi connectivity index (χ4n) is 5.24. The molecule has 1 saturated heterocycles. The third-order valence-corrected chi connectivity index (χ3v) is 8.39. The molecule has 2 amide bonds. The molecule has 0 saturated carbocycles. The molecule has 0 atom stereocenters. The third-order valence-electron chi connectivity index (χ3n) is 7.37. The van der Waals surface area contributed by atoms with Crippen LogP contribution in [-0.4, -0.2) is 56.7 Å². The molecular weight excluding hydrogens is 540 g/mol. The normalized spacial score (nSPS) is 14.4. The van der Waals surface area contributed by atoms with Gasteiger partial charge in [-0.25, -0.2) is 24.6 Å². The highest BCUT2D eigenvalue weighted by Crippen LogP contribution is 2.41. The number of aliphatic carboxylic acids is 1. The Labute approximate surface area is 241 Å². The number of fused-ring (bicyclic) bond motifs is 1. The molecule has 1 fully saturated rings. The number of thiazole rings is 1. The van der Waals surface area contributed by atoms with Crippen molar-refractivity contribution in [2.24, 2.45) is 5.41 Å². The molecule has 0 unspecified atom stereocenters. The molecule has 4 heterocycles. The average molecular weight is 571 g/mol. The van der Waals surface area contributed by atoms with E-state index in [0.29, 0.717) is 66.9 Å². The summed E-state index contributed by atoms with van der Waals surface area (Å²) < 4.78 is 0.795. The van der Waals surface area contributed by atoms with Gasteiger partial charge in [0.25, 0.3) is 0 Å². The molecule has 0 radical (unpaired) electrons. The van der Waals surface area contributed by atoms with Gasteiger partial charge in [-0.05, 0) is 43.9 Å². The third kappa shape index (κ3) is 5.67. The van der Waals surface area contributed by atoms with Crippen molar-refractivity contribution in [3.05, 3.63) is 54.3 Å². The minimum atomic E-state index is -0.720. The number of rotatable bonds is 8. The standard InChI is InChI=1S/C29H30N8O3S/c1-4-8-29(25(38)39)9-12-37(13-10-29)26-33-16-19(17-34-26)18-14-20(23-21(30-3)7-6-11-32-23)24-22(15-18)35-28(41-24)36-27(40)31-5-2/h6-7,11,14-17H,4-5,8-10,12-13H2,1-2H3,(H,38,39)(H2,31,35,36,40). The van der Waals surface area contributed by atoms with Gasteiger partial charge in [-0.1, -0.05) is 36.8 Å². The van der Waals surface area contributed by atoms with Crippen LogP contribution in [0.2, 0.25) is 0 Å². The van der Waals surface area contributed by atoms with Gasteiger partial charge in [0.15, 0.2) is 5.13 Å². The highest BCUT2D eigenvalue weighted by Gasteiger charge is 2.41. The fraction of sp³-hybridized carbons (Fsp3) is 0.345. The number of amides is 2. The van der Waals surface area contributed by atoms with Crippen molar-refractivity contribution in [3.63, 3.8) is 0 Å². The minimum Gasteiger partial charge on any atom is -0.481 e. The number of aromatic nitrogens is 4. The summed E-state index contributed by atoms with van der Waals surface area (Å²) in [6.07, 6.45) is 7.76. The summed E-state index contributed by atoms with van der Waals surface area (Å²) in [7, 11) is 0. The number of urea groups is 1. The van der Waals surface area contributed by atoms with Gasteiger partial charge in [-0.3, -0.25) is 15.1 Å². The van der Waals surface area contributed by atoms with Crippen LogP contribution in [0, 0.1) is 12.0 Å². The van der Waals surface area contributed by atoms with Crippen molar-refractivity contribution >= 4 is 50.3 Å². The first kappa shape index (κ1) is 27.9. The highest BCUT2D eigenvalue weighted by molar-refractivity contribution is 7.22. The van der Waals surface area contributed by atoms with E-state index < -0.39 is 11.4 Å². The number of carboxylic acids is 1. The van der Waals surface area contributed by atoms with E-state index in [1.165, 1.54) is 11.3 Å². The van der Waals surface area contributed by atoms with Crippen molar-refractivity contribution < 1.29 is 14.7 Å².